The molecule has 6 heteroatoms. The maximum Gasteiger partial charge on any atom is 0.119 e. The third-order valence-corrected chi connectivity index (χ3v) is 4.34. The summed E-state index contributed by atoms with van der Waals surface area (Å²) in [6.45, 7) is 4.31. The van der Waals surface area contributed by atoms with Gasteiger partial charge in [-0.05, 0) is 48.5 Å². The van der Waals surface area contributed by atoms with E-state index < -0.39 is 6.10 Å². The smallest absolute Gasteiger partial charge is 0.119 e. The quantitative estimate of drug-likeness (QED) is 0.740. The zero-order valence-electron chi connectivity index (χ0n) is 14.1. The third kappa shape index (κ3) is 5.01. The monoisotopic (exact) mass is 344 g/mol. The highest BCUT2D eigenvalue weighted by Gasteiger charge is 2.19. The van der Waals surface area contributed by atoms with Gasteiger partial charge >= 0.3 is 0 Å². The summed E-state index contributed by atoms with van der Waals surface area (Å²) in [5, 5.41) is 28.8. The second-order valence-electron chi connectivity index (χ2n) is 6.26. The number of ether oxygens (including phenoxy) is 1. The molecule has 2 aromatic carbocycles. The molecule has 0 spiro atoms. The van der Waals surface area contributed by atoms with Crippen LogP contribution in [0.3, 0.4) is 0 Å². The van der Waals surface area contributed by atoms with Gasteiger partial charge in [-0.3, -0.25) is 4.90 Å². The molecule has 0 aliphatic carbocycles. The van der Waals surface area contributed by atoms with E-state index in [9.17, 15) is 15.3 Å². The fraction of sp³-hybridized carbons (Fsp3) is 0.368. The third-order valence-electron chi connectivity index (χ3n) is 4.34. The minimum Gasteiger partial charge on any atom is -0.508 e. The van der Waals surface area contributed by atoms with Crippen LogP contribution in [-0.4, -0.2) is 65.7 Å². The van der Waals surface area contributed by atoms with Crippen LogP contribution in [0.1, 0.15) is 0 Å². The van der Waals surface area contributed by atoms with E-state index in [4.69, 9.17) is 4.74 Å². The Balaban J connectivity index is 1.40. The second-order valence-corrected chi connectivity index (χ2v) is 6.26. The van der Waals surface area contributed by atoms with E-state index >= 15 is 0 Å². The maximum absolute atomic E-state index is 10.2. The van der Waals surface area contributed by atoms with Crippen LogP contribution in [0.25, 0.3) is 0 Å². The van der Waals surface area contributed by atoms with Crippen molar-refractivity contribution >= 4 is 5.69 Å². The Morgan fingerprint density at radius 3 is 2.00 bits per heavy atom. The van der Waals surface area contributed by atoms with Gasteiger partial charge in [0.2, 0.25) is 0 Å². The van der Waals surface area contributed by atoms with Gasteiger partial charge in [0.15, 0.2) is 0 Å². The highest BCUT2D eigenvalue weighted by Crippen LogP contribution is 2.20. The van der Waals surface area contributed by atoms with Crippen molar-refractivity contribution in [3.63, 3.8) is 0 Å². The van der Waals surface area contributed by atoms with Crippen LogP contribution in [-0.2, 0) is 0 Å². The summed E-state index contributed by atoms with van der Waals surface area (Å²) < 4.78 is 5.54. The number of phenols is 2. The Hall–Kier alpha value is -2.44. The van der Waals surface area contributed by atoms with Crippen molar-refractivity contribution in [1.29, 1.82) is 0 Å². The van der Waals surface area contributed by atoms with Gasteiger partial charge in [-0.1, -0.05) is 0 Å². The molecule has 134 valence electrons. The molecule has 1 fully saturated rings. The number of phenolic OH excluding ortho intramolecular Hbond substituents is 2. The molecule has 3 rings (SSSR count). The van der Waals surface area contributed by atoms with E-state index in [0.717, 1.165) is 31.9 Å². The van der Waals surface area contributed by atoms with E-state index in [-0.39, 0.29) is 18.1 Å². The topological polar surface area (TPSA) is 76.4 Å². The van der Waals surface area contributed by atoms with Crippen molar-refractivity contribution in [2.45, 2.75) is 6.10 Å². The van der Waals surface area contributed by atoms with E-state index in [1.807, 2.05) is 12.1 Å². The second kappa shape index (κ2) is 8.09. The lowest BCUT2D eigenvalue weighted by atomic mass is 10.2. The summed E-state index contributed by atoms with van der Waals surface area (Å²) in [6.07, 6.45) is -0.561. The molecule has 1 saturated heterocycles. The van der Waals surface area contributed by atoms with E-state index in [0.29, 0.717) is 12.3 Å². The summed E-state index contributed by atoms with van der Waals surface area (Å²) in [7, 11) is 0. The maximum atomic E-state index is 10.2. The molecular weight excluding hydrogens is 320 g/mol. The average Bonchev–Trinajstić information content (AvgIpc) is 2.63. The molecule has 3 N–H and O–H groups in total. The molecule has 0 saturated carbocycles. The minimum absolute atomic E-state index is 0.194. The van der Waals surface area contributed by atoms with Crippen molar-refractivity contribution in [1.82, 2.24) is 4.90 Å². The summed E-state index contributed by atoms with van der Waals surface area (Å²) in [5.74, 6) is 1.10. The van der Waals surface area contributed by atoms with Crippen LogP contribution in [0, 0.1) is 0 Å². The lowest BCUT2D eigenvalue weighted by Crippen LogP contribution is -2.49. The number of nitrogens with zero attached hydrogens (tertiary/aromatic N) is 2. The molecule has 1 unspecified atom stereocenters. The molecule has 1 heterocycles. The number of anilines is 1. The zero-order chi connectivity index (χ0) is 17.6. The Bertz CT molecular complexity index is 652. The Morgan fingerprint density at radius 1 is 0.840 bits per heavy atom. The van der Waals surface area contributed by atoms with Crippen LogP contribution < -0.4 is 9.64 Å². The molecule has 0 aromatic heterocycles. The zero-order valence-corrected chi connectivity index (χ0v) is 14.1. The Kier molecular flexibility index (Phi) is 5.63. The molecule has 1 atom stereocenters. The van der Waals surface area contributed by atoms with E-state index in [1.165, 1.54) is 0 Å². The predicted molar refractivity (Wildman–Crippen MR) is 96.4 cm³/mol. The largest absolute Gasteiger partial charge is 0.508 e. The van der Waals surface area contributed by atoms with Crippen molar-refractivity contribution in [2.75, 3.05) is 44.2 Å². The molecule has 2 aromatic rings. The number of benzene rings is 2. The van der Waals surface area contributed by atoms with Crippen LogP contribution >= 0.6 is 0 Å². The number of aliphatic hydroxyl groups excluding tert-OH is 1. The lowest BCUT2D eigenvalue weighted by molar-refractivity contribution is 0.0663. The van der Waals surface area contributed by atoms with Gasteiger partial charge in [0.05, 0.1) is 0 Å². The summed E-state index contributed by atoms with van der Waals surface area (Å²) in [6, 6.07) is 13.7. The highest BCUT2D eigenvalue weighted by atomic mass is 16.5. The highest BCUT2D eigenvalue weighted by molar-refractivity contribution is 5.49. The number of piperazine rings is 1. The standard InChI is InChI=1S/C19H24N2O4/c22-16-3-1-15(2-4-16)21-11-9-20(10-12-21)13-18(24)14-25-19-7-5-17(23)6-8-19/h1-8,18,22-24H,9-14H2. The van der Waals surface area contributed by atoms with Crippen molar-refractivity contribution < 1.29 is 20.1 Å². The van der Waals surface area contributed by atoms with Gasteiger partial charge in [-0.25, -0.2) is 0 Å². The van der Waals surface area contributed by atoms with Gasteiger partial charge in [0.25, 0.3) is 0 Å². The summed E-state index contributed by atoms with van der Waals surface area (Å²) in [5.41, 5.74) is 1.11. The summed E-state index contributed by atoms with van der Waals surface area (Å²) in [4.78, 5) is 4.50. The van der Waals surface area contributed by atoms with Crippen LogP contribution in [0.15, 0.2) is 48.5 Å². The molecule has 0 radical (unpaired) electrons. The Morgan fingerprint density at radius 2 is 1.40 bits per heavy atom. The first-order valence-electron chi connectivity index (χ1n) is 8.46. The number of aromatic hydroxyl groups is 2. The number of hydrogen-bond acceptors (Lipinski definition) is 6. The van der Waals surface area contributed by atoms with Crippen LogP contribution in [0.2, 0.25) is 0 Å². The molecular formula is C19H24N2O4. The number of hydrogen-bond donors (Lipinski definition) is 3. The van der Waals surface area contributed by atoms with Gasteiger partial charge in [-0.15, -0.1) is 0 Å². The van der Waals surface area contributed by atoms with E-state index in [2.05, 4.69) is 9.80 Å². The summed E-state index contributed by atoms with van der Waals surface area (Å²) >= 11 is 0. The number of aliphatic hydroxyl groups is 1. The fourth-order valence-corrected chi connectivity index (χ4v) is 2.94. The van der Waals surface area contributed by atoms with E-state index in [1.54, 1.807) is 36.4 Å². The predicted octanol–water partition coefficient (Wildman–Crippen LogP) is 1.66. The minimum atomic E-state index is -0.561. The first-order valence-corrected chi connectivity index (χ1v) is 8.46. The van der Waals surface area contributed by atoms with Crippen molar-refractivity contribution in [2.24, 2.45) is 0 Å². The molecule has 25 heavy (non-hydrogen) atoms. The number of β-amino-alcohol motifs (C(OH)–C–C–N with tert-alkyl or cyclic N) is 1. The Labute approximate surface area is 147 Å². The molecule has 0 bridgehead atoms. The first-order chi connectivity index (χ1) is 12.1. The fourth-order valence-electron chi connectivity index (χ4n) is 2.94. The lowest BCUT2D eigenvalue weighted by Gasteiger charge is -2.36. The van der Waals surface area contributed by atoms with Gasteiger partial charge in [0, 0.05) is 38.4 Å². The molecule has 1 aliphatic heterocycles. The van der Waals surface area contributed by atoms with Gasteiger partial charge < -0.3 is 25.0 Å². The first kappa shape index (κ1) is 17.4. The normalized spacial score (nSPS) is 16.6. The van der Waals surface area contributed by atoms with Crippen molar-refractivity contribution in [3.05, 3.63) is 48.5 Å². The molecule has 1 aliphatic rings. The average molecular weight is 344 g/mol. The molecule has 6 nitrogen and oxygen atoms in total. The van der Waals surface area contributed by atoms with Gasteiger partial charge in [0.1, 0.15) is 30.0 Å². The van der Waals surface area contributed by atoms with Crippen LogP contribution in [0.4, 0.5) is 5.69 Å². The van der Waals surface area contributed by atoms with Crippen LogP contribution in [0.5, 0.6) is 17.2 Å². The SMILES string of the molecule is Oc1ccc(OCC(O)CN2CCN(c3ccc(O)cc3)CC2)cc1. The van der Waals surface area contributed by atoms with Crippen molar-refractivity contribution in [3.8, 4) is 17.2 Å². The van der Waals surface area contributed by atoms with Gasteiger partial charge in [-0.2, -0.15) is 0 Å². The number of rotatable bonds is 6. The molecule has 0 amide bonds.